The summed E-state index contributed by atoms with van der Waals surface area (Å²) in [5, 5.41) is 22.3. The molecule has 1 aliphatic heterocycles. The highest BCUT2D eigenvalue weighted by Gasteiger charge is 2.40. The van der Waals surface area contributed by atoms with Crippen LogP contribution in [-0.4, -0.2) is 52.1 Å². The lowest BCUT2D eigenvalue weighted by Gasteiger charge is -2.42. The molecule has 3 aromatic carbocycles. The van der Waals surface area contributed by atoms with Crippen molar-refractivity contribution < 1.29 is 28.5 Å². The van der Waals surface area contributed by atoms with Gasteiger partial charge in [0.15, 0.2) is 0 Å². The van der Waals surface area contributed by atoms with Crippen molar-refractivity contribution in [1.82, 2.24) is 19.3 Å². The molecular weight excluding hydrogens is 622 g/mol. The number of carboxylic acid groups (broad SMARTS) is 1. The number of nitrogens with zero attached hydrogens (tertiary/aromatic N) is 7. The minimum Gasteiger partial charge on any atom is -0.487 e. The molecule has 0 saturated heterocycles. The third kappa shape index (κ3) is 7.76. The van der Waals surface area contributed by atoms with Crippen LogP contribution in [0.25, 0.3) is 10.4 Å². The van der Waals surface area contributed by atoms with Crippen LogP contribution < -0.4 is 4.74 Å². The maximum atomic E-state index is 12.5. The fourth-order valence-electron chi connectivity index (χ4n) is 5.54. The molecule has 2 heterocycles. The van der Waals surface area contributed by atoms with Gasteiger partial charge in [-0.05, 0) is 73.2 Å². The summed E-state index contributed by atoms with van der Waals surface area (Å²) in [6.07, 6.45) is 0.580. The van der Waals surface area contributed by atoms with Crippen molar-refractivity contribution in [3.63, 3.8) is 0 Å². The molecule has 0 aliphatic carbocycles. The predicted octanol–water partition coefficient (Wildman–Crippen LogP) is 7.12. The number of aryl methyl sites for hydroxylation is 1. The van der Waals surface area contributed by atoms with Crippen molar-refractivity contribution in [3.8, 4) is 5.75 Å². The Bertz CT molecular complexity index is 1790. The number of aromatic nitrogens is 3. The number of carbonyl (C=O) groups is 1. The molecule has 248 valence electrons. The molecule has 47 heavy (non-hydrogen) atoms. The molecule has 4 aromatic rings. The van der Waals surface area contributed by atoms with E-state index in [0.29, 0.717) is 28.4 Å². The molecule has 2 unspecified atom stereocenters. The molecule has 0 amide bonds. The molecule has 1 aromatic heterocycles. The Morgan fingerprint density at radius 1 is 1.15 bits per heavy atom. The lowest BCUT2D eigenvalue weighted by atomic mass is 9.81. The number of para-hydroxylation sites is 1. The molecule has 0 bridgehead atoms. The Labute approximate surface area is 274 Å². The second-order valence-corrected chi connectivity index (χ2v) is 14.2. The quantitative estimate of drug-likeness (QED) is 0.0809. The third-order valence-corrected chi connectivity index (χ3v) is 10.1. The molecule has 13 nitrogen and oxygen atoms in total. The average molecular weight is 662 g/mol. The average Bonchev–Trinajstić information content (AvgIpc) is 3.44. The zero-order chi connectivity index (χ0) is 33.8. The SMILES string of the molecule is Cc1ccc(C(OCc2cn(Cc3cccc(CN=[N+]=[N-])c3)nn2)C(C)(C)C(=O)O)cc1CN1CC(C)Oc2ccccc2S1(O)O. The first-order chi connectivity index (χ1) is 22.4. The lowest BCUT2D eigenvalue weighted by Crippen LogP contribution is -2.34. The number of ether oxygens (including phenoxy) is 2. The van der Waals surface area contributed by atoms with Crippen LogP contribution in [0.15, 0.2) is 82.9 Å². The molecule has 1 aliphatic rings. The van der Waals surface area contributed by atoms with Gasteiger partial charge in [-0.15, -0.1) is 15.9 Å². The molecule has 0 radical (unpaired) electrons. The summed E-state index contributed by atoms with van der Waals surface area (Å²) in [7, 11) is -3.37. The first-order valence-electron chi connectivity index (χ1n) is 15.1. The predicted molar refractivity (Wildman–Crippen MR) is 177 cm³/mol. The van der Waals surface area contributed by atoms with Crippen LogP contribution >= 0.6 is 10.8 Å². The van der Waals surface area contributed by atoms with E-state index in [1.807, 2.05) is 56.3 Å². The summed E-state index contributed by atoms with van der Waals surface area (Å²) in [6, 6.07) is 20.2. The molecule has 3 N–H and O–H groups in total. The van der Waals surface area contributed by atoms with Crippen LogP contribution in [0.2, 0.25) is 0 Å². The molecule has 14 heteroatoms. The minimum atomic E-state index is -3.37. The first kappa shape index (κ1) is 33.9. The highest BCUT2D eigenvalue weighted by Crippen LogP contribution is 2.57. The summed E-state index contributed by atoms with van der Waals surface area (Å²) < 4.78 is 38.4. The van der Waals surface area contributed by atoms with Crippen molar-refractivity contribution in [2.45, 2.75) is 71.0 Å². The number of hydrogen-bond acceptors (Lipinski definition) is 9. The molecule has 0 saturated carbocycles. The number of benzene rings is 3. The van der Waals surface area contributed by atoms with E-state index in [2.05, 4.69) is 20.3 Å². The molecule has 0 spiro atoms. The first-order valence-corrected chi connectivity index (χ1v) is 16.6. The van der Waals surface area contributed by atoms with Crippen molar-refractivity contribution in [2.75, 3.05) is 6.54 Å². The van der Waals surface area contributed by atoms with Crippen molar-refractivity contribution >= 4 is 16.7 Å². The van der Waals surface area contributed by atoms with Crippen LogP contribution in [-0.2, 0) is 35.8 Å². The Balaban J connectivity index is 1.36. The van der Waals surface area contributed by atoms with E-state index in [1.165, 1.54) is 0 Å². The number of aliphatic carboxylic acids is 1. The Morgan fingerprint density at radius 3 is 2.68 bits per heavy atom. The van der Waals surface area contributed by atoms with Gasteiger partial charge in [-0.25, -0.2) is 4.68 Å². The number of azide groups is 1. The fraction of sp³-hybridized carbons (Fsp3) is 0.364. The van der Waals surface area contributed by atoms with Crippen LogP contribution in [0.4, 0.5) is 0 Å². The van der Waals surface area contributed by atoms with Gasteiger partial charge >= 0.3 is 5.97 Å². The Morgan fingerprint density at radius 2 is 1.91 bits per heavy atom. The number of fused-ring (bicyclic) bond motifs is 1. The van der Waals surface area contributed by atoms with Crippen molar-refractivity contribution in [2.24, 2.45) is 10.5 Å². The zero-order valence-electron chi connectivity index (χ0n) is 26.7. The standard InChI is InChI=1S/C33H39N7O6S/c1-22-12-13-26(15-27(22)19-40-17-23(2)46-29-10-5-6-11-30(29)47(40,43)44)31(33(3,4)32(41)42)45-21-28-20-39(38-36-28)18-25-9-7-8-24(14-25)16-35-37-34/h5-15,20,23,31,43-44H,16-19,21H2,1-4H3,(H,41,42). The molecule has 5 rings (SSSR count). The van der Waals surface area contributed by atoms with Crippen LogP contribution in [0, 0.1) is 12.3 Å². The molecular formula is C33H39N7O6S. The monoisotopic (exact) mass is 661 g/mol. The molecule has 0 fully saturated rings. The maximum Gasteiger partial charge on any atom is 0.312 e. The van der Waals surface area contributed by atoms with E-state index in [-0.39, 0.29) is 32.3 Å². The minimum absolute atomic E-state index is 0.0137. The van der Waals surface area contributed by atoms with Crippen LogP contribution in [0.3, 0.4) is 0 Å². The Hall–Kier alpha value is -4.43. The topological polar surface area (TPSA) is 179 Å². The smallest absolute Gasteiger partial charge is 0.312 e. The van der Waals surface area contributed by atoms with Gasteiger partial charge in [0, 0.05) is 11.5 Å². The van der Waals surface area contributed by atoms with Crippen molar-refractivity contribution in [1.29, 1.82) is 0 Å². The van der Waals surface area contributed by atoms with Gasteiger partial charge in [-0.1, -0.05) is 64.9 Å². The van der Waals surface area contributed by atoms with Gasteiger partial charge in [0.25, 0.3) is 0 Å². The summed E-state index contributed by atoms with van der Waals surface area (Å²) in [4.78, 5) is 15.6. The van der Waals surface area contributed by atoms with E-state index in [9.17, 15) is 19.0 Å². The van der Waals surface area contributed by atoms with Crippen LogP contribution in [0.5, 0.6) is 5.75 Å². The molecule has 2 atom stereocenters. The van der Waals surface area contributed by atoms with Gasteiger partial charge in [0.1, 0.15) is 22.4 Å². The van der Waals surface area contributed by atoms with Gasteiger partial charge in [0.2, 0.25) is 0 Å². The normalized spacial score (nSPS) is 17.4. The van der Waals surface area contributed by atoms with Gasteiger partial charge in [0.05, 0.1) is 44.0 Å². The summed E-state index contributed by atoms with van der Waals surface area (Å²) in [5.41, 5.74) is 12.0. The maximum absolute atomic E-state index is 12.5. The van der Waals surface area contributed by atoms with E-state index in [1.54, 1.807) is 53.3 Å². The van der Waals surface area contributed by atoms with Gasteiger partial charge in [-0.2, -0.15) is 4.31 Å². The van der Waals surface area contributed by atoms with Crippen LogP contribution in [0.1, 0.15) is 60.4 Å². The van der Waals surface area contributed by atoms with Gasteiger partial charge in [-0.3, -0.25) is 13.9 Å². The van der Waals surface area contributed by atoms with E-state index in [0.717, 1.165) is 22.3 Å². The number of hydrogen-bond donors (Lipinski definition) is 3. The highest BCUT2D eigenvalue weighted by molar-refractivity contribution is 8.22. The summed E-state index contributed by atoms with van der Waals surface area (Å²) in [5.74, 6) is -0.585. The highest BCUT2D eigenvalue weighted by atomic mass is 32.3. The second-order valence-electron chi connectivity index (χ2n) is 12.2. The van der Waals surface area contributed by atoms with E-state index < -0.39 is 28.3 Å². The fourth-order valence-corrected chi connectivity index (χ4v) is 7.20. The second kappa shape index (κ2) is 14.1. The van der Waals surface area contributed by atoms with E-state index >= 15 is 0 Å². The largest absolute Gasteiger partial charge is 0.487 e. The summed E-state index contributed by atoms with van der Waals surface area (Å²) >= 11 is 0. The van der Waals surface area contributed by atoms with E-state index in [4.69, 9.17) is 15.0 Å². The Kier molecular flexibility index (Phi) is 10.2. The number of carboxylic acids is 1. The van der Waals surface area contributed by atoms with Crippen molar-refractivity contribution in [3.05, 3.63) is 117 Å². The number of rotatable bonds is 12. The third-order valence-electron chi connectivity index (χ3n) is 8.16. The summed E-state index contributed by atoms with van der Waals surface area (Å²) in [6.45, 7) is 8.21. The lowest BCUT2D eigenvalue weighted by molar-refractivity contribution is -0.158. The zero-order valence-corrected chi connectivity index (χ0v) is 27.5. The van der Waals surface area contributed by atoms with Gasteiger partial charge < -0.3 is 14.6 Å².